The SMILES string of the molecule is CN1CCC(N(C)Cc2cccc(OCC3CCCN(C(=O)Cc4cccs4)C3)c2)CC1. The Bertz CT molecular complexity index is 849. The van der Waals surface area contributed by atoms with Gasteiger partial charge in [0.1, 0.15) is 5.75 Å². The highest BCUT2D eigenvalue weighted by Crippen LogP contribution is 2.22. The number of piperidine rings is 2. The number of thiophene rings is 1. The van der Waals surface area contributed by atoms with Gasteiger partial charge in [0.25, 0.3) is 0 Å². The van der Waals surface area contributed by atoms with Gasteiger partial charge in [0.2, 0.25) is 5.91 Å². The largest absolute Gasteiger partial charge is 0.493 e. The quantitative estimate of drug-likeness (QED) is 0.600. The second-order valence-corrected chi connectivity index (χ2v) is 10.5. The molecule has 6 heteroatoms. The minimum Gasteiger partial charge on any atom is -0.493 e. The molecule has 0 N–H and O–H groups in total. The van der Waals surface area contributed by atoms with Gasteiger partial charge in [0, 0.05) is 36.5 Å². The van der Waals surface area contributed by atoms with Crippen molar-refractivity contribution in [1.82, 2.24) is 14.7 Å². The number of likely N-dealkylation sites (tertiary alicyclic amines) is 2. The lowest BCUT2D eigenvalue weighted by atomic mass is 9.98. The van der Waals surface area contributed by atoms with Crippen LogP contribution in [0.25, 0.3) is 0 Å². The molecule has 0 aliphatic carbocycles. The second-order valence-electron chi connectivity index (χ2n) is 9.51. The molecule has 1 amide bonds. The highest BCUT2D eigenvalue weighted by atomic mass is 32.1. The number of hydrogen-bond donors (Lipinski definition) is 0. The summed E-state index contributed by atoms with van der Waals surface area (Å²) in [5, 5.41) is 2.04. The molecule has 4 rings (SSSR count). The van der Waals surface area contributed by atoms with Crippen molar-refractivity contribution in [3.8, 4) is 5.75 Å². The van der Waals surface area contributed by atoms with Crippen molar-refractivity contribution in [3.63, 3.8) is 0 Å². The Labute approximate surface area is 197 Å². The highest BCUT2D eigenvalue weighted by Gasteiger charge is 2.24. The van der Waals surface area contributed by atoms with E-state index >= 15 is 0 Å². The molecule has 1 unspecified atom stereocenters. The number of benzene rings is 1. The molecule has 2 fully saturated rings. The fraction of sp³-hybridized carbons (Fsp3) is 0.577. The lowest BCUT2D eigenvalue weighted by Crippen LogP contribution is -2.42. The number of ether oxygens (including phenoxy) is 1. The monoisotopic (exact) mass is 455 g/mol. The summed E-state index contributed by atoms with van der Waals surface area (Å²) in [6, 6.07) is 13.3. The van der Waals surface area contributed by atoms with Crippen LogP contribution in [-0.2, 0) is 17.8 Å². The van der Waals surface area contributed by atoms with E-state index in [0.29, 0.717) is 25.0 Å². The van der Waals surface area contributed by atoms with Crippen LogP contribution in [-0.4, -0.2) is 73.5 Å². The van der Waals surface area contributed by atoms with Crippen LogP contribution in [0.2, 0.25) is 0 Å². The molecule has 1 aromatic heterocycles. The molecule has 0 radical (unpaired) electrons. The molecule has 0 spiro atoms. The molecular formula is C26H37N3O2S. The first-order valence-corrected chi connectivity index (χ1v) is 12.9. The van der Waals surface area contributed by atoms with Crippen molar-refractivity contribution in [2.24, 2.45) is 5.92 Å². The molecule has 1 atom stereocenters. The molecule has 1 aromatic carbocycles. The normalized spacial score (nSPS) is 20.6. The standard InChI is InChI=1S/C26H37N3O2S/c1-27-13-10-23(11-14-27)28(2)18-21-6-3-8-24(16-21)31-20-22-7-4-12-29(19-22)26(30)17-25-9-5-15-32-25/h3,5-6,8-9,15-16,22-23H,4,7,10-14,17-20H2,1-2H3. The van der Waals surface area contributed by atoms with Crippen LogP contribution in [0.4, 0.5) is 0 Å². The zero-order valence-corrected chi connectivity index (χ0v) is 20.4. The van der Waals surface area contributed by atoms with Crippen LogP contribution in [0.3, 0.4) is 0 Å². The van der Waals surface area contributed by atoms with Crippen LogP contribution in [0.15, 0.2) is 41.8 Å². The number of carbonyl (C=O) groups is 1. The Kier molecular flexibility index (Phi) is 8.22. The number of amides is 1. The van der Waals surface area contributed by atoms with Crippen molar-refractivity contribution in [2.75, 3.05) is 46.9 Å². The Morgan fingerprint density at radius 2 is 2.00 bits per heavy atom. The average molecular weight is 456 g/mol. The van der Waals surface area contributed by atoms with E-state index in [0.717, 1.165) is 43.1 Å². The lowest BCUT2D eigenvalue weighted by Gasteiger charge is -2.35. The predicted molar refractivity (Wildman–Crippen MR) is 131 cm³/mol. The van der Waals surface area contributed by atoms with Gasteiger partial charge in [0.05, 0.1) is 13.0 Å². The Balaban J connectivity index is 1.25. The van der Waals surface area contributed by atoms with E-state index in [1.165, 1.54) is 31.5 Å². The first-order chi connectivity index (χ1) is 15.6. The van der Waals surface area contributed by atoms with Crippen LogP contribution < -0.4 is 4.74 Å². The predicted octanol–water partition coefficient (Wildman–Crippen LogP) is 4.13. The minimum atomic E-state index is 0.246. The Morgan fingerprint density at radius 3 is 2.78 bits per heavy atom. The first-order valence-electron chi connectivity index (χ1n) is 12.0. The average Bonchev–Trinajstić information content (AvgIpc) is 3.31. The number of carbonyl (C=O) groups excluding carboxylic acids is 1. The van der Waals surface area contributed by atoms with Gasteiger partial charge in [-0.15, -0.1) is 11.3 Å². The van der Waals surface area contributed by atoms with Crippen molar-refractivity contribution in [1.29, 1.82) is 0 Å². The summed E-state index contributed by atoms with van der Waals surface area (Å²) in [4.78, 5) is 20.8. The summed E-state index contributed by atoms with van der Waals surface area (Å²) in [6.45, 7) is 5.69. The van der Waals surface area contributed by atoms with Crippen molar-refractivity contribution in [3.05, 3.63) is 52.2 Å². The van der Waals surface area contributed by atoms with Gasteiger partial charge in [-0.25, -0.2) is 0 Å². The van der Waals surface area contributed by atoms with E-state index in [-0.39, 0.29) is 5.91 Å². The highest BCUT2D eigenvalue weighted by molar-refractivity contribution is 7.10. The van der Waals surface area contributed by atoms with E-state index in [2.05, 4.69) is 48.2 Å². The van der Waals surface area contributed by atoms with E-state index in [9.17, 15) is 4.79 Å². The molecule has 3 heterocycles. The summed E-state index contributed by atoms with van der Waals surface area (Å²) in [7, 11) is 4.45. The fourth-order valence-electron chi connectivity index (χ4n) is 4.90. The number of nitrogens with zero attached hydrogens (tertiary/aromatic N) is 3. The zero-order chi connectivity index (χ0) is 22.3. The van der Waals surface area contributed by atoms with Crippen LogP contribution in [0.5, 0.6) is 5.75 Å². The van der Waals surface area contributed by atoms with Crippen molar-refractivity contribution >= 4 is 17.2 Å². The molecule has 2 saturated heterocycles. The molecule has 0 bridgehead atoms. The van der Waals surface area contributed by atoms with E-state index < -0.39 is 0 Å². The second kappa shape index (κ2) is 11.3. The third-order valence-corrected chi connectivity index (χ3v) is 7.78. The molecule has 2 aliphatic rings. The smallest absolute Gasteiger partial charge is 0.227 e. The molecule has 0 saturated carbocycles. The molecule has 174 valence electrons. The summed E-state index contributed by atoms with van der Waals surface area (Å²) < 4.78 is 6.20. The minimum absolute atomic E-state index is 0.246. The third-order valence-electron chi connectivity index (χ3n) is 6.90. The summed E-state index contributed by atoms with van der Waals surface area (Å²) >= 11 is 1.66. The van der Waals surface area contributed by atoms with Gasteiger partial charge in [0.15, 0.2) is 0 Å². The van der Waals surface area contributed by atoms with Gasteiger partial charge in [-0.3, -0.25) is 9.69 Å². The van der Waals surface area contributed by atoms with Gasteiger partial charge >= 0.3 is 0 Å². The lowest BCUT2D eigenvalue weighted by molar-refractivity contribution is -0.132. The molecule has 2 aromatic rings. The van der Waals surface area contributed by atoms with Crippen LogP contribution in [0, 0.1) is 5.92 Å². The van der Waals surface area contributed by atoms with Gasteiger partial charge in [-0.05, 0) is 82.0 Å². The fourth-order valence-corrected chi connectivity index (χ4v) is 5.60. The maximum Gasteiger partial charge on any atom is 0.227 e. The van der Waals surface area contributed by atoms with Gasteiger partial charge in [-0.2, -0.15) is 0 Å². The van der Waals surface area contributed by atoms with E-state index in [4.69, 9.17) is 4.74 Å². The molecule has 5 nitrogen and oxygen atoms in total. The Hall–Kier alpha value is -1.89. The number of hydrogen-bond acceptors (Lipinski definition) is 5. The third kappa shape index (κ3) is 6.56. The van der Waals surface area contributed by atoms with Crippen LogP contribution >= 0.6 is 11.3 Å². The summed E-state index contributed by atoms with van der Waals surface area (Å²) in [5.74, 6) is 1.60. The first kappa shape index (κ1) is 23.3. The van der Waals surface area contributed by atoms with E-state index in [1.807, 2.05) is 22.4 Å². The number of rotatable bonds is 8. The summed E-state index contributed by atoms with van der Waals surface area (Å²) in [5.41, 5.74) is 1.31. The van der Waals surface area contributed by atoms with Crippen LogP contribution in [0.1, 0.15) is 36.1 Å². The van der Waals surface area contributed by atoms with E-state index in [1.54, 1.807) is 11.3 Å². The molecule has 2 aliphatic heterocycles. The maximum atomic E-state index is 12.7. The topological polar surface area (TPSA) is 36.0 Å². The zero-order valence-electron chi connectivity index (χ0n) is 19.5. The Morgan fingerprint density at radius 1 is 1.16 bits per heavy atom. The van der Waals surface area contributed by atoms with Gasteiger partial charge in [-0.1, -0.05) is 18.2 Å². The van der Waals surface area contributed by atoms with Gasteiger partial charge < -0.3 is 14.5 Å². The van der Waals surface area contributed by atoms with Crippen molar-refractivity contribution in [2.45, 2.75) is 44.7 Å². The molecule has 32 heavy (non-hydrogen) atoms. The summed E-state index contributed by atoms with van der Waals surface area (Å²) in [6.07, 6.45) is 5.20. The maximum absolute atomic E-state index is 12.7. The molecular weight excluding hydrogens is 418 g/mol. The van der Waals surface area contributed by atoms with Crippen molar-refractivity contribution < 1.29 is 9.53 Å².